The van der Waals surface area contributed by atoms with Gasteiger partial charge in [-0.3, -0.25) is 9.59 Å². The number of piperazine rings is 1. The molecular weight excluding hydrogens is 352 g/mol. The number of halogens is 2. The summed E-state index contributed by atoms with van der Waals surface area (Å²) < 4.78 is 26.2. The van der Waals surface area contributed by atoms with Crippen molar-refractivity contribution < 1.29 is 18.4 Å². The lowest BCUT2D eigenvalue weighted by Gasteiger charge is -2.34. The Labute approximate surface area is 155 Å². The van der Waals surface area contributed by atoms with Crippen LogP contribution in [0.5, 0.6) is 0 Å². The summed E-state index contributed by atoms with van der Waals surface area (Å²) in [6, 6.07) is 12.4. The summed E-state index contributed by atoms with van der Waals surface area (Å²) in [7, 11) is 0. The van der Waals surface area contributed by atoms with E-state index in [-0.39, 0.29) is 31.2 Å². The van der Waals surface area contributed by atoms with E-state index in [9.17, 15) is 23.6 Å². The van der Waals surface area contributed by atoms with Crippen molar-refractivity contribution in [3.63, 3.8) is 0 Å². The largest absolute Gasteiger partial charge is 0.332 e. The van der Waals surface area contributed by atoms with Crippen LogP contribution in [0.15, 0.2) is 42.5 Å². The molecule has 0 N–H and O–H groups in total. The summed E-state index contributed by atoms with van der Waals surface area (Å²) in [6.45, 7) is 0.576. The molecule has 0 saturated carbocycles. The predicted molar refractivity (Wildman–Crippen MR) is 94.8 cm³/mol. The highest BCUT2D eigenvalue weighted by molar-refractivity contribution is 5.98. The summed E-state index contributed by atoms with van der Waals surface area (Å²) in [5.41, 5.74) is 1.47. The molecule has 7 heteroatoms. The van der Waals surface area contributed by atoms with Gasteiger partial charge in [0.25, 0.3) is 0 Å². The molecule has 0 aromatic heterocycles. The first-order valence-corrected chi connectivity index (χ1v) is 8.51. The van der Waals surface area contributed by atoms with Gasteiger partial charge in [0, 0.05) is 19.5 Å². The summed E-state index contributed by atoms with van der Waals surface area (Å²) in [5.74, 6) is -2.35. The highest BCUT2D eigenvalue weighted by Crippen LogP contribution is 2.22. The SMILES string of the molecule is N#Cc1ccccc1N1CCN(C(=O)CCc2ccc(F)c(F)c2)CC1=O. The van der Waals surface area contributed by atoms with Crippen molar-refractivity contribution >= 4 is 17.5 Å². The van der Waals surface area contributed by atoms with Crippen LogP contribution in [0.2, 0.25) is 0 Å². The Morgan fingerprint density at radius 1 is 1.11 bits per heavy atom. The zero-order valence-electron chi connectivity index (χ0n) is 14.5. The number of rotatable bonds is 4. The van der Waals surface area contributed by atoms with Gasteiger partial charge in [-0.15, -0.1) is 0 Å². The van der Waals surface area contributed by atoms with Gasteiger partial charge in [-0.25, -0.2) is 8.78 Å². The normalized spacial score (nSPS) is 14.2. The molecular formula is C20H17F2N3O2. The summed E-state index contributed by atoms with van der Waals surface area (Å²) >= 11 is 0. The topological polar surface area (TPSA) is 64.4 Å². The molecule has 0 atom stereocenters. The number of benzene rings is 2. The highest BCUT2D eigenvalue weighted by Gasteiger charge is 2.28. The first-order valence-electron chi connectivity index (χ1n) is 8.51. The smallest absolute Gasteiger partial charge is 0.246 e. The Morgan fingerprint density at radius 2 is 1.89 bits per heavy atom. The number of anilines is 1. The number of hydrogen-bond acceptors (Lipinski definition) is 3. The minimum absolute atomic E-state index is 0.0730. The van der Waals surface area contributed by atoms with Crippen LogP contribution in [0.4, 0.5) is 14.5 Å². The van der Waals surface area contributed by atoms with Crippen molar-refractivity contribution in [1.29, 1.82) is 5.26 Å². The molecule has 1 aliphatic heterocycles. The first-order chi connectivity index (χ1) is 13.0. The maximum absolute atomic E-state index is 13.2. The molecule has 2 aromatic rings. The van der Waals surface area contributed by atoms with E-state index in [1.807, 2.05) is 0 Å². The molecule has 1 aliphatic rings. The fourth-order valence-electron chi connectivity index (χ4n) is 3.05. The van der Waals surface area contributed by atoms with Gasteiger partial charge < -0.3 is 9.80 Å². The van der Waals surface area contributed by atoms with Crippen molar-refractivity contribution in [2.24, 2.45) is 0 Å². The Bertz CT molecular complexity index is 924. The summed E-state index contributed by atoms with van der Waals surface area (Å²) in [6.07, 6.45) is 0.370. The van der Waals surface area contributed by atoms with E-state index in [2.05, 4.69) is 6.07 Å². The number of aryl methyl sites for hydroxylation is 1. The maximum atomic E-state index is 13.2. The lowest BCUT2D eigenvalue weighted by atomic mass is 10.1. The second kappa shape index (κ2) is 7.96. The molecule has 1 heterocycles. The molecule has 3 rings (SSSR count). The number of carbonyl (C=O) groups excluding carboxylic acids is 2. The van der Waals surface area contributed by atoms with E-state index in [1.165, 1.54) is 15.9 Å². The second-order valence-corrected chi connectivity index (χ2v) is 6.24. The molecule has 138 valence electrons. The number of nitriles is 1. The van der Waals surface area contributed by atoms with E-state index in [0.29, 0.717) is 29.9 Å². The molecule has 0 unspecified atom stereocenters. The second-order valence-electron chi connectivity index (χ2n) is 6.24. The standard InChI is InChI=1S/C20H17F2N3O2/c21-16-7-5-14(11-17(16)22)6-8-19(26)24-9-10-25(20(27)13-24)18-4-2-1-3-15(18)12-23/h1-5,7,11H,6,8-10,13H2. The molecule has 0 aliphatic carbocycles. The fourth-order valence-corrected chi connectivity index (χ4v) is 3.05. The molecule has 27 heavy (non-hydrogen) atoms. The molecule has 2 amide bonds. The van der Waals surface area contributed by atoms with Gasteiger partial charge in [0.2, 0.25) is 11.8 Å². The molecule has 2 aromatic carbocycles. The lowest BCUT2D eigenvalue weighted by Crippen LogP contribution is -2.52. The number of para-hydroxylation sites is 1. The summed E-state index contributed by atoms with van der Waals surface area (Å²) in [5, 5.41) is 9.19. The highest BCUT2D eigenvalue weighted by atomic mass is 19.2. The zero-order valence-corrected chi connectivity index (χ0v) is 14.5. The Morgan fingerprint density at radius 3 is 2.59 bits per heavy atom. The van der Waals surface area contributed by atoms with Crippen LogP contribution in [0.25, 0.3) is 0 Å². The number of hydrogen-bond donors (Lipinski definition) is 0. The quantitative estimate of drug-likeness (QED) is 0.832. The van der Waals surface area contributed by atoms with Crippen LogP contribution in [0.1, 0.15) is 17.5 Å². The van der Waals surface area contributed by atoms with Crippen LogP contribution in [0.3, 0.4) is 0 Å². The minimum Gasteiger partial charge on any atom is -0.332 e. The van der Waals surface area contributed by atoms with Crippen LogP contribution < -0.4 is 4.90 Å². The van der Waals surface area contributed by atoms with Crippen molar-refractivity contribution in [3.05, 3.63) is 65.2 Å². The van der Waals surface area contributed by atoms with Crippen molar-refractivity contribution in [2.45, 2.75) is 12.8 Å². The van der Waals surface area contributed by atoms with Crippen molar-refractivity contribution in [2.75, 3.05) is 24.5 Å². The van der Waals surface area contributed by atoms with E-state index < -0.39 is 11.6 Å². The number of amides is 2. The monoisotopic (exact) mass is 369 g/mol. The average molecular weight is 369 g/mol. The van der Waals surface area contributed by atoms with Gasteiger partial charge in [0.05, 0.1) is 11.3 Å². The fraction of sp³-hybridized carbons (Fsp3) is 0.250. The minimum atomic E-state index is -0.945. The van der Waals surface area contributed by atoms with Crippen LogP contribution >= 0.6 is 0 Å². The Balaban J connectivity index is 1.60. The van der Waals surface area contributed by atoms with E-state index >= 15 is 0 Å². The van der Waals surface area contributed by atoms with Crippen LogP contribution in [0, 0.1) is 23.0 Å². The van der Waals surface area contributed by atoms with E-state index in [0.717, 1.165) is 12.1 Å². The van der Waals surface area contributed by atoms with Crippen molar-refractivity contribution in [3.8, 4) is 6.07 Å². The Hall–Kier alpha value is -3.27. The third kappa shape index (κ3) is 4.11. The molecule has 1 fully saturated rings. The number of carbonyl (C=O) groups is 2. The van der Waals surface area contributed by atoms with Crippen LogP contribution in [-0.4, -0.2) is 36.3 Å². The van der Waals surface area contributed by atoms with E-state index in [4.69, 9.17) is 0 Å². The molecule has 0 bridgehead atoms. The van der Waals surface area contributed by atoms with Gasteiger partial charge in [0.15, 0.2) is 11.6 Å². The maximum Gasteiger partial charge on any atom is 0.246 e. The third-order valence-corrected chi connectivity index (χ3v) is 4.50. The Kier molecular flexibility index (Phi) is 5.46. The molecule has 0 spiro atoms. The van der Waals surface area contributed by atoms with Gasteiger partial charge in [-0.05, 0) is 36.2 Å². The van der Waals surface area contributed by atoms with Gasteiger partial charge in [0.1, 0.15) is 12.6 Å². The zero-order chi connectivity index (χ0) is 19.4. The first kappa shape index (κ1) is 18.5. The van der Waals surface area contributed by atoms with Gasteiger partial charge >= 0.3 is 0 Å². The molecule has 5 nitrogen and oxygen atoms in total. The number of nitrogens with zero attached hydrogens (tertiary/aromatic N) is 3. The molecule has 1 saturated heterocycles. The summed E-state index contributed by atoms with van der Waals surface area (Å²) in [4.78, 5) is 27.8. The molecule has 0 radical (unpaired) electrons. The lowest BCUT2D eigenvalue weighted by molar-refractivity contribution is -0.136. The third-order valence-electron chi connectivity index (χ3n) is 4.50. The average Bonchev–Trinajstić information content (AvgIpc) is 2.68. The van der Waals surface area contributed by atoms with Gasteiger partial charge in [-0.2, -0.15) is 5.26 Å². The van der Waals surface area contributed by atoms with Crippen LogP contribution in [-0.2, 0) is 16.0 Å². The van der Waals surface area contributed by atoms with Crippen molar-refractivity contribution in [1.82, 2.24) is 4.90 Å². The van der Waals surface area contributed by atoms with Gasteiger partial charge in [-0.1, -0.05) is 18.2 Å². The van der Waals surface area contributed by atoms with E-state index in [1.54, 1.807) is 24.3 Å². The predicted octanol–water partition coefficient (Wildman–Crippen LogP) is 2.64.